The zero-order chi connectivity index (χ0) is 18.5. The SMILES string of the molecule is Cc1cc2oc(=O)cc(CSC(N)=NCCc3ccccc3)c2cc1C. The number of rotatable bonds is 5. The van der Waals surface area contributed by atoms with Crippen LogP contribution in [-0.4, -0.2) is 11.7 Å². The van der Waals surface area contributed by atoms with E-state index in [0.29, 0.717) is 23.0 Å². The Balaban J connectivity index is 1.69. The average molecular weight is 366 g/mol. The van der Waals surface area contributed by atoms with E-state index >= 15 is 0 Å². The van der Waals surface area contributed by atoms with Crippen LogP contribution >= 0.6 is 11.8 Å². The maximum absolute atomic E-state index is 11.8. The van der Waals surface area contributed by atoms with Crippen LogP contribution in [0.4, 0.5) is 0 Å². The van der Waals surface area contributed by atoms with Gasteiger partial charge in [-0.05, 0) is 54.7 Å². The Labute approximate surface area is 157 Å². The van der Waals surface area contributed by atoms with Gasteiger partial charge in [-0.1, -0.05) is 42.1 Å². The van der Waals surface area contributed by atoms with Gasteiger partial charge < -0.3 is 10.2 Å². The first-order valence-electron chi connectivity index (χ1n) is 8.53. The van der Waals surface area contributed by atoms with Crippen LogP contribution in [0.2, 0.25) is 0 Å². The predicted molar refractivity (Wildman–Crippen MR) is 110 cm³/mol. The molecular formula is C21H22N2O2S. The Kier molecular flexibility index (Phi) is 5.78. The molecule has 0 amide bonds. The van der Waals surface area contributed by atoms with Gasteiger partial charge in [0.25, 0.3) is 0 Å². The molecule has 0 spiro atoms. The second kappa shape index (κ2) is 8.23. The number of nitrogens with two attached hydrogens (primary N) is 1. The minimum absolute atomic E-state index is 0.337. The van der Waals surface area contributed by atoms with Gasteiger partial charge in [-0.3, -0.25) is 4.99 Å². The van der Waals surface area contributed by atoms with E-state index in [-0.39, 0.29) is 5.63 Å². The lowest BCUT2D eigenvalue weighted by atomic mass is 10.0. The molecule has 0 unspecified atom stereocenters. The predicted octanol–water partition coefficient (Wildman–Crippen LogP) is 4.20. The molecule has 4 nitrogen and oxygen atoms in total. The summed E-state index contributed by atoms with van der Waals surface area (Å²) < 4.78 is 5.33. The molecule has 2 aromatic carbocycles. The van der Waals surface area contributed by atoms with Crippen molar-refractivity contribution in [2.75, 3.05) is 6.54 Å². The second-order valence-electron chi connectivity index (χ2n) is 6.27. The minimum Gasteiger partial charge on any atom is -0.423 e. The summed E-state index contributed by atoms with van der Waals surface area (Å²) in [6.07, 6.45) is 0.860. The molecule has 0 atom stereocenters. The molecular weight excluding hydrogens is 344 g/mol. The van der Waals surface area contributed by atoms with E-state index in [1.54, 1.807) is 6.07 Å². The van der Waals surface area contributed by atoms with Crippen molar-refractivity contribution in [1.29, 1.82) is 0 Å². The fraction of sp³-hybridized carbons (Fsp3) is 0.238. The summed E-state index contributed by atoms with van der Waals surface area (Å²) in [5.74, 6) is 0.589. The maximum atomic E-state index is 11.8. The van der Waals surface area contributed by atoms with E-state index in [4.69, 9.17) is 10.2 Å². The zero-order valence-electron chi connectivity index (χ0n) is 15.0. The lowest BCUT2D eigenvalue weighted by Crippen LogP contribution is -2.09. The summed E-state index contributed by atoms with van der Waals surface area (Å²) in [5.41, 5.74) is 10.8. The van der Waals surface area contributed by atoms with Gasteiger partial charge >= 0.3 is 5.63 Å². The van der Waals surface area contributed by atoms with Crippen LogP contribution in [-0.2, 0) is 12.2 Å². The third-order valence-electron chi connectivity index (χ3n) is 4.33. The Hall–Kier alpha value is -2.53. The van der Waals surface area contributed by atoms with Gasteiger partial charge in [0.2, 0.25) is 0 Å². The van der Waals surface area contributed by atoms with Crippen LogP contribution < -0.4 is 11.4 Å². The number of hydrogen-bond donors (Lipinski definition) is 1. The van der Waals surface area contributed by atoms with E-state index in [0.717, 1.165) is 22.9 Å². The van der Waals surface area contributed by atoms with Crippen molar-refractivity contribution in [2.24, 2.45) is 10.7 Å². The van der Waals surface area contributed by atoms with Crippen molar-refractivity contribution in [3.63, 3.8) is 0 Å². The van der Waals surface area contributed by atoms with Crippen LogP contribution in [0.25, 0.3) is 11.0 Å². The van der Waals surface area contributed by atoms with Crippen molar-refractivity contribution >= 4 is 27.9 Å². The van der Waals surface area contributed by atoms with Gasteiger partial charge in [-0.2, -0.15) is 0 Å². The molecule has 0 aliphatic rings. The number of amidine groups is 1. The quantitative estimate of drug-likeness (QED) is 0.417. The fourth-order valence-corrected chi connectivity index (χ4v) is 3.46. The average Bonchev–Trinajstić information content (AvgIpc) is 2.62. The number of aryl methyl sites for hydroxylation is 2. The third-order valence-corrected chi connectivity index (χ3v) is 5.21. The Morgan fingerprint density at radius 1 is 1.12 bits per heavy atom. The molecule has 0 bridgehead atoms. The summed E-state index contributed by atoms with van der Waals surface area (Å²) in [5, 5.41) is 1.49. The van der Waals surface area contributed by atoms with Crippen LogP contribution in [0.3, 0.4) is 0 Å². The number of nitrogens with zero attached hydrogens (tertiary/aromatic N) is 1. The molecule has 2 N–H and O–H groups in total. The molecule has 3 aromatic rings. The molecule has 3 rings (SSSR count). The number of benzene rings is 2. The minimum atomic E-state index is -0.337. The molecule has 1 heterocycles. The van der Waals surface area contributed by atoms with E-state index in [1.165, 1.54) is 22.9 Å². The van der Waals surface area contributed by atoms with Crippen LogP contribution in [0.5, 0.6) is 0 Å². The molecule has 1 aromatic heterocycles. The lowest BCUT2D eigenvalue weighted by molar-refractivity contribution is 0.559. The standard InChI is InChI=1S/C21H22N2O2S/c1-14-10-18-17(12-20(24)25-19(18)11-15(14)2)13-26-21(22)23-9-8-16-6-4-3-5-7-16/h3-7,10-12H,8-9,13H2,1-2H3,(H2,22,23). The van der Waals surface area contributed by atoms with Crippen LogP contribution in [0, 0.1) is 13.8 Å². The highest BCUT2D eigenvalue weighted by Crippen LogP contribution is 2.24. The fourth-order valence-electron chi connectivity index (χ4n) is 2.74. The van der Waals surface area contributed by atoms with Gasteiger partial charge in [0.05, 0.1) is 0 Å². The topological polar surface area (TPSA) is 68.6 Å². The lowest BCUT2D eigenvalue weighted by Gasteiger charge is -2.08. The number of hydrogen-bond acceptors (Lipinski definition) is 4. The Morgan fingerprint density at radius 3 is 2.62 bits per heavy atom. The van der Waals surface area contributed by atoms with Crippen LogP contribution in [0.1, 0.15) is 22.3 Å². The Bertz CT molecular complexity index is 994. The number of fused-ring (bicyclic) bond motifs is 1. The smallest absolute Gasteiger partial charge is 0.336 e. The summed E-state index contributed by atoms with van der Waals surface area (Å²) >= 11 is 1.45. The third kappa shape index (κ3) is 4.55. The Morgan fingerprint density at radius 2 is 1.85 bits per heavy atom. The molecule has 0 radical (unpaired) electrons. The number of thioether (sulfide) groups is 1. The molecule has 134 valence electrons. The van der Waals surface area contributed by atoms with Gasteiger partial charge in [-0.25, -0.2) is 4.79 Å². The van der Waals surface area contributed by atoms with Gasteiger partial charge in [-0.15, -0.1) is 0 Å². The van der Waals surface area contributed by atoms with Gasteiger partial charge in [0.1, 0.15) is 5.58 Å². The highest BCUT2D eigenvalue weighted by Gasteiger charge is 2.08. The summed E-state index contributed by atoms with van der Waals surface area (Å²) in [6.45, 7) is 4.71. The molecule has 0 saturated carbocycles. The summed E-state index contributed by atoms with van der Waals surface area (Å²) in [6, 6.07) is 15.7. The van der Waals surface area contributed by atoms with Crippen LogP contribution in [0.15, 0.2) is 62.7 Å². The van der Waals surface area contributed by atoms with Crippen molar-refractivity contribution in [3.8, 4) is 0 Å². The maximum Gasteiger partial charge on any atom is 0.336 e. The highest BCUT2D eigenvalue weighted by atomic mass is 32.2. The van der Waals surface area contributed by atoms with Crippen molar-refractivity contribution < 1.29 is 4.42 Å². The highest BCUT2D eigenvalue weighted by molar-refractivity contribution is 8.13. The first-order valence-corrected chi connectivity index (χ1v) is 9.52. The van der Waals surface area contributed by atoms with E-state index in [1.807, 2.05) is 31.2 Å². The van der Waals surface area contributed by atoms with E-state index in [9.17, 15) is 4.79 Å². The van der Waals surface area contributed by atoms with E-state index in [2.05, 4.69) is 30.1 Å². The molecule has 0 fully saturated rings. The summed E-state index contributed by atoms with van der Waals surface area (Å²) in [4.78, 5) is 16.3. The second-order valence-corrected chi connectivity index (χ2v) is 7.26. The first-order chi connectivity index (χ1) is 12.5. The normalized spacial score (nSPS) is 11.8. The zero-order valence-corrected chi connectivity index (χ0v) is 15.8. The number of aliphatic imine (C=N–C) groups is 1. The van der Waals surface area contributed by atoms with E-state index < -0.39 is 0 Å². The van der Waals surface area contributed by atoms with Crippen molar-refractivity contribution in [3.05, 3.63) is 81.2 Å². The van der Waals surface area contributed by atoms with Gasteiger partial charge in [0.15, 0.2) is 5.17 Å². The van der Waals surface area contributed by atoms with Gasteiger partial charge in [0, 0.05) is 23.8 Å². The molecule has 0 aliphatic carbocycles. The first kappa shape index (κ1) is 18.3. The monoisotopic (exact) mass is 366 g/mol. The largest absolute Gasteiger partial charge is 0.423 e. The summed E-state index contributed by atoms with van der Waals surface area (Å²) in [7, 11) is 0. The van der Waals surface area contributed by atoms with Crippen molar-refractivity contribution in [1.82, 2.24) is 0 Å². The van der Waals surface area contributed by atoms with Crippen molar-refractivity contribution in [2.45, 2.75) is 26.0 Å². The molecule has 5 heteroatoms. The molecule has 26 heavy (non-hydrogen) atoms. The molecule has 0 aliphatic heterocycles. The molecule has 0 saturated heterocycles.